The number of carbonyl (C=O) groups is 5. The van der Waals surface area contributed by atoms with Crippen LogP contribution in [0.25, 0.3) is 0 Å². The summed E-state index contributed by atoms with van der Waals surface area (Å²) in [6.45, 7) is 0.371. The third-order valence-corrected chi connectivity index (χ3v) is 9.75. The Hall–Kier alpha value is -7.03. The van der Waals surface area contributed by atoms with Crippen molar-refractivity contribution in [3.8, 4) is 0 Å². The van der Waals surface area contributed by atoms with E-state index in [9.17, 15) is 49.3 Å². The minimum absolute atomic E-state index is 0. The third-order valence-electron chi connectivity index (χ3n) is 9.75. The Bertz CT molecular complexity index is 2070. The number of para-hydroxylation sites is 1. The fourth-order valence-corrected chi connectivity index (χ4v) is 6.69. The Morgan fingerprint density at radius 2 is 1.49 bits per heavy atom. The normalized spacial score (nSPS) is 14.6. The number of nitrogens with one attached hydrogen (secondary N) is 4. The van der Waals surface area contributed by atoms with Crippen LogP contribution in [0.15, 0.2) is 77.8 Å². The molecule has 4 rings (SSSR count). The van der Waals surface area contributed by atoms with Crippen LogP contribution in [0.5, 0.6) is 0 Å². The van der Waals surface area contributed by atoms with Gasteiger partial charge in [0.05, 0.1) is 21.5 Å². The molecule has 328 valence electrons. The predicted octanol–water partition coefficient (Wildman–Crippen LogP) is 2.23. The molecule has 21 nitrogen and oxygen atoms in total. The van der Waals surface area contributed by atoms with E-state index >= 15 is 0 Å². The van der Waals surface area contributed by atoms with E-state index in [-0.39, 0.29) is 93.5 Å². The van der Waals surface area contributed by atoms with E-state index in [0.717, 1.165) is 12.1 Å². The zero-order valence-corrected chi connectivity index (χ0v) is 33.9. The maximum atomic E-state index is 14.1. The molecule has 0 aromatic heterocycles. The molecule has 0 radical (unpaired) electrons. The number of nitro groups is 2. The third kappa shape index (κ3) is 14.3. The minimum Gasteiger partial charge on any atom is -0.480 e. The van der Waals surface area contributed by atoms with Crippen molar-refractivity contribution in [1.29, 1.82) is 0 Å². The van der Waals surface area contributed by atoms with Crippen molar-refractivity contribution in [2.45, 2.75) is 75.5 Å². The van der Waals surface area contributed by atoms with Gasteiger partial charge >= 0.3 is 5.97 Å². The number of carboxylic acid groups (broad SMARTS) is 1. The highest BCUT2D eigenvalue weighted by Gasteiger charge is 2.38. The molecule has 0 spiro atoms. The molecule has 0 unspecified atom stereocenters. The Morgan fingerprint density at radius 3 is 2.15 bits per heavy atom. The minimum atomic E-state index is -1.28. The number of halogens is 1. The molecule has 0 aliphatic carbocycles. The molecule has 1 saturated heterocycles. The summed E-state index contributed by atoms with van der Waals surface area (Å²) in [5.74, 6) is -4.15. The van der Waals surface area contributed by atoms with Crippen LogP contribution >= 0.6 is 12.4 Å². The molecular formula is C39H50ClN11O10. The van der Waals surface area contributed by atoms with Crippen molar-refractivity contribution < 1.29 is 38.9 Å². The van der Waals surface area contributed by atoms with Gasteiger partial charge in [-0.15, -0.1) is 12.4 Å². The molecule has 0 bridgehead atoms. The summed E-state index contributed by atoms with van der Waals surface area (Å²) in [7, 11) is 0. The standard InChI is InChI=1S/C39H49N11O10.ClH/c40-27-13-5-4-12-26(27)34(51)47-31(22-24-10-2-1-3-11-24)36(53)45-29(15-8-20-44-39(41)42)35(52)46-30(37(54)48-21-9-16-32(48)38(55)56)14-6-7-19-43-28-18-17-25(49(57)58)23-33(28)50(59)60;/h1-5,10-13,17-18,23,29-32,43H,6-9,14-16,19-22,40H2,(H,45,53)(H,46,52)(H,47,51)(H,55,56)(H4,41,42,44);1H/t29-,30-,31-,32-;/m0./s1. The van der Waals surface area contributed by atoms with Gasteiger partial charge < -0.3 is 48.5 Å². The summed E-state index contributed by atoms with van der Waals surface area (Å²) < 4.78 is 0. The number of aliphatic carboxylic acids is 1. The second-order valence-corrected chi connectivity index (χ2v) is 14.0. The topological polar surface area (TPSA) is 334 Å². The van der Waals surface area contributed by atoms with Crippen LogP contribution in [0.4, 0.5) is 22.7 Å². The molecule has 1 fully saturated rings. The number of carboxylic acids is 1. The zero-order valence-electron chi connectivity index (χ0n) is 33.1. The zero-order chi connectivity index (χ0) is 43.8. The van der Waals surface area contributed by atoms with Crippen molar-refractivity contribution in [1.82, 2.24) is 20.9 Å². The quantitative estimate of drug-likeness (QED) is 0.0179. The van der Waals surface area contributed by atoms with Crippen molar-refractivity contribution in [3.05, 3.63) is 104 Å². The number of nitrogens with zero attached hydrogens (tertiary/aromatic N) is 4. The Kier molecular flexibility index (Phi) is 18.6. The van der Waals surface area contributed by atoms with Crippen LogP contribution in [0, 0.1) is 20.2 Å². The summed E-state index contributed by atoms with van der Waals surface area (Å²) in [4.78, 5) is 93.9. The second kappa shape index (κ2) is 23.5. The highest BCUT2D eigenvalue weighted by atomic mass is 35.5. The number of carbonyl (C=O) groups excluding carboxylic acids is 4. The van der Waals surface area contributed by atoms with Crippen LogP contribution < -0.4 is 38.5 Å². The van der Waals surface area contributed by atoms with E-state index in [1.54, 1.807) is 42.5 Å². The Morgan fingerprint density at radius 1 is 0.836 bits per heavy atom. The summed E-state index contributed by atoms with van der Waals surface area (Å²) in [5.41, 5.74) is 17.1. The van der Waals surface area contributed by atoms with Crippen LogP contribution in [-0.2, 0) is 25.6 Å². The molecule has 4 atom stereocenters. The number of amides is 4. The number of likely N-dealkylation sites (tertiary alicyclic amines) is 1. The molecule has 3 aromatic rings. The SMILES string of the molecule is Cl.NC(N)=NCCC[C@H](NC(=O)[C@H](Cc1ccccc1)NC(=O)c1ccccc1N)C(=O)N[C@@H](CCCCNc1ccc([N+](=O)[O-])cc1[N+](=O)[O-])C(=O)N1CCC[C@H]1C(=O)O. The first kappa shape index (κ1) is 48.3. The van der Waals surface area contributed by atoms with Crippen LogP contribution in [-0.4, -0.2) is 99.2 Å². The fourth-order valence-electron chi connectivity index (χ4n) is 6.69. The Labute approximate surface area is 356 Å². The van der Waals surface area contributed by atoms with Gasteiger partial charge in [0.25, 0.3) is 17.3 Å². The molecule has 1 heterocycles. The van der Waals surface area contributed by atoms with E-state index in [4.69, 9.17) is 17.2 Å². The number of benzene rings is 3. The molecule has 1 aliphatic rings. The molecule has 22 heteroatoms. The van der Waals surface area contributed by atoms with Gasteiger partial charge in [-0.2, -0.15) is 0 Å². The first-order valence-corrected chi connectivity index (χ1v) is 19.2. The monoisotopic (exact) mass is 867 g/mol. The van der Waals surface area contributed by atoms with E-state index in [1.807, 2.05) is 0 Å². The number of non-ortho nitro benzene ring substituents is 1. The van der Waals surface area contributed by atoms with Gasteiger partial charge in [-0.05, 0) is 68.7 Å². The van der Waals surface area contributed by atoms with Crippen molar-refractivity contribution >= 4 is 70.7 Å². The van der Waals surface area contributed by atoms with Gasteiger partial charge in [-0.3, -0.25) is 44.4 Å². The van der Waals surface area contributed by atoms with E-state index in [0.29, 0.717) is 18.4 Å². The smallest absolute Gasteiger partial charge is 0.326 e. The van der Waals surface area contributed by atoms with Crippen molar-refractivity contribution in [2.24, 2.45) is 16.5 Å². The number of nitrogen functional groups attached to an aromatic ring is 1. The Balaban J connectivity index is 0.00000992. The number of aliphatic imine (C=N–C) groups is 1. The van der Waals surface area contributed by atoms with Crippen LogP contribution in [0.2, 0.25) is 0 Å². The van der Waals surface area contributed by atoms with E-state index < -0.39 is 75.0 Å². The molecular weight excluding hydrogens is 818 g/mol. The molecule has 0 saturated carbocycles. The molecule has 11 N–H and O–H groups in total. The van der Waals surface area contributed by atoms with Gasteiger partial charge in [0, 0.05) is 37.8 Å². The summed E-state index contributed by atoms with van der Waals surface area (Å²) in [6.07, 6.45) is 1.45. The lowest BCUT2D eigenvalue weighted by atomic mass is 10.0. The molecule has 4 amide bonds. The number of nitro benzene ring substituents is 2. The lowest BCUT2D eigenvalue weighted by Gasteiger charge is -2.29. The number of unbranched alkanes of at least 4 members (excludes halogenated alkanes) is 1. The van der Waals surface area contributed by atoms with Gasteiger partial charge in [0.2, 0.25) is 17.7 Å². The molecule has 1 aliphatic heterocycles. The summed E-state index contributed by atoms with van der Waals surface area (Å²) in [5, 5.41) is 43.6. The second-order valence-electron chi connectivity index (χ2n) is 14.0. The maximum absolute atomic E-state index is 14.1. The van der Waals surface area contributed by atoms with E-state index in [2.05, 4.69) is 26.3 Å². The summed E-state index contributed by atoms with van der Waals surface area (Å²) >= 11 is 0. The maximum Gasteiger partial charge on any atom is 0.326 e. The lowest BCUT2D eigenvalue weighted by molar-refractivity contribution is -0.393. The summed E-state index contributed by atoms with van der Waals surface area (Å²) in [6, 6.07) is 13.5. The predicted molar refractivity (Wildman–Crippen MR) is 228 cm³/mol. The lowest BCUT2D eigenvalue weighted by Crippen LogP contribution is -2.58. The van der Waals surface area contributed by atoms with Gasteiger partial charge in [-0.25, -0.2) is 4.79 Å². The fraction of sp³-hybridized carbons (Fsp3) is 0.385. The van der Waals surface area contributed by atoms with Crippen molar-refractivity contribution in [3.63, 3.8) is 0 Å². The number of hydrogen-bond donors (Lipinski definition) is 8. The largest absolute Gasteiger partial charge is 0.480 e. The van der Waals surface area contributed by atoms with Gasteiger partial charge in [0.15, 0.2) is 5.96 Å². The number of rotatable bonds is 22. The highest BCUT2D eigenvalue weighted by Crippen LogP contribution is 2.29. The van der Waals surface area contributed by atoms with Crippen LogP contribution in [0.3, 0.4) is 0 Å². The number of nitrogens with two attached hydrogens (primary N) is 3. The first-order chi connectivity index (χ1) is 28.7. The molecule has 61 heavy (non-hydrogen) atoms. The van der Waals surface area contributed by atoms with Gasteiger partial charge in [-0.1, -0.05) is 42.5 Å². The molecule has 3 aromatic carbocycles. The van der Waals surface area contributed by atoms with Crippen LogP contribution in [0.1, 0.15) is 60.9 Å². The number of anilines is 2. The highest BCUT2D eigenvalue weighted by molar-refractivity contribution is 6.02. The van der Waals surface area contributed by atoms with E-state index in [1.165, 1.54) is 23.1 Å². The van der Waals surface area contributed by atoms with Crippen molar-refractivity contribution in [2.75, 3.05) is 30.7 Å². The average Bonchev–Trinajstić information content (AvgIpc) is 3.72. The van der Waals surface area contributed by atoms with Gasteiger partial charge in [0.1, 0.15) is 29.9 Å². The number of hydrogen-bond acceptors (Lipinski definition) is 12. The first-order valence-electron chi connectivity index (χ1n) is 19.2. The number of guanidine groups is 1. The average molecular weight is 868 g/mol.